The van der Waals surface area contributed by atoms with E-state index in [2.05, 4.69) is 5.32 Å². The first-order valence-electron chi connectivity index (χ1n) is 7.12. The van der Waals surface area contributed by atoms with Gasteiger partial charge >= 0.3 is 0 Å². The topological polar surface area (TPSA) is 110 Å². The van der Waals surface area contributed by atoms with Crippen molar-refractivity contribution in [3.05, 3.63) is 24.3 Å². The summed E-state index contributed by atoms with van der Waals surface area (Å²) >= 11 is 0. The third kappa shape index (κ3) is 3.66. The van der Waals surface area contributed by atoms with E-state index in [1.807, 2.05) is 6.92 Å². The van der Waals surface area contributed by atoms with Crippen molar-refractivity contribution < 1.29 is 16.8 Å². The summed E-state index contributed by atoms with van der Waals surface area (Å²) in [5.41, 5.74) is 0. The minimum absolute atomic E-state index is 0.0422. The normalized spacial score (nSPS) is 19.7. The number of hydrogen-bond acceptors (Lipinski definition) is 5. The van der Waals surface area contributed by atoms with Crippen molar-refractivity contribution in [2.45, 2.75) is 35.6 Å². The molecule has 1 saturated heterocycles. The molecule has 124 valence electrons. The van der Waals surface area contributed by atoms with E-state index in [4.69, 9.17) is 5.14 Å². The fraction of sp³-hybridized carbons (Fsp3) is 0.538. The molecule has 1 aliphatic heterocycles. The SMILES string of the molecule is CCCN(C1CCNC1)S(=O)(=O)c1cccc(S(N)(=O)=O)c1. The van der Waals surface area contributed by atoms with Gasteiger partial charge in [-0.2, -0.15) is 4.31 Å². The Kier molecular flexibility index (Phi) is 5.23. The number of benzene rings is 1. The lowest BCUT2D eigenvalue weighted by Gasteiger charge is -2.27. The minimum Gasteiger partial charge on any atom is -0.315 e. The Morgan fingerprint density at radius 3 is 2.50 bits per heavy atom. The van der Waals surface area contributed by atoms with Gasteiger partial charge in [-0.25, -0.2) is 22.0 Å². The molecule has 0 amide bonds. The fourth-order valence-electron chi connectivity index (χ4n) is 2.55. The Balaban J connectivity index is 2.43. The molecule has 1 heterocycles. The van der Waals surface area contributed by atoms with Crippen LogP contribution in [0.4, 0.5) is 0 Å². The van der Waals surface area contributed by atoms with Gasteiger partial charge in [0.15, 0.2) is 0 Å². The predicted octanol–water partition coefficient (Wildman–Crippen LogP) is 0.0966. The lowest BCUT2D eigenvalue weighted by molar-refractivity contribution is 0.335. The van der Waals surface area contributed by atoms with Crippen LogP contribution in [0.15, 0.2) is 34.1 Å². The quantitative estimate of drug-likeness (QED) is 0.758. The molecular formula is C13H21N3O4S2. The maximum atomic E-state index is 12.9. The van der Waals surface area contributed by atoms with Crippen molar-refractivity contribution in [1.29, 1.82) is 0 Å². The maximum absolute atomic E-state index is 12.9. The maximum Gasteiger partial charge on any atom is 0.243 e. The van der Waals surface area contributed by atoms with Crippen LogP contribution in [0.3, 0.4) is 0 Å². The van der Waals surface area contributed by atoms with Crippen LogP contribution in [0.25, 0.3) is 0 Å². The zero-order valence-corrected chi connectivity index (χ0v) is 14.0. The lowest BCUT2D eigenvalue weighted by Crippen LogP contribution is -2.42. The van der Waals surface area contributed by atoms with E-state index in [1.54, 1.807) is 0 Å². The average molecular weight is 347 g/mol. The monoisotopic (exact) mass is 347 g/mol. The number of nitrogens with two attached hydrogens (primary N) is 1. The largest absolute Gasteiger partial charge is 0.315 e. The first-order chi connectivity index (χ1) is 10.3. The molecule has 22 heavy (non-hydrogen) atoms. The molecule has 1 fully saturated rings. The Morgan fingerprint density at radius 2 is 1.95 bits per heavy atom. The second-order valence-corrected chi connectivity index (χ2v) is 8.73. The van der Waals surface area contributed by atoms with Crippen molar-refractivity contribution in [1.82, 2.24) is 9.62 Å². The molecule has 0 aliphatic carbocycles. The van der Waals surface area contributed by atoms with Gasteiger partial charge in [0.2, 0.25) is 20.0 Å². The van der Waals surface area contributed by atoms with Gasteiger partial charge in [0.05, 0.1) is 9.79 Å². The van der Waals surface area contributed by atoms with Crippen LogP contribution in [0.1, 0.15) is 19.8 Å². The summed E-state index contributed by atoms with van der Waals surface area (Å²) in [6.45, 7) is 3.69. The van der Waals surface area contributed by atoms with Gasteiger partial charge in [-0.05, 0) is 37.6 Å². The van der Waals surface area contributed by atoms with Crippen LogP contribution in [-0.4, -0.2) is 46.8 Å². The molecule has 7 nitrogen and oxygen atoms in total. The Labute approximate surface area is 131 Å². The van der Waals surface area contributed by atoms with Crippen LogP contribution in [0.5, 0.6) is 0 Å². The van der Waals surface area contributed by atoms with Gasteiger partial charge < -0.3 is 5.32 Å². The molecule has 2 rings (SSSR count). The van der Waals surface area contributed by atoms with E-state index in [0.29, 0.717) is 19.5 Å². The molecule has 1 aliphatic rings. The van der Waals surface area contributed by atoms with Crippen LogP contribution in [-0.2, 0) is 20.0 Å². The summed E-state index contributed by atoms with van der Waals surface area (Å²) < 4.78 is 50.0. The first kappa shape index (κ1) is 17.4. The zero-order valence-electron chi connectivity index (χ0n) is 12.4. The summed E-state index contributed by atoms with van der Waals surface area (Å²) in [5, 5.41) is 8.23. The van der Waals surface area contributed by atoms with Crippen molar-refractivity contribution >= 4 is 20.0 Å². The summed E-state index contributed by atoms with van der Waals surface area (Å²) in [5.74, 6) is 0. The van der Waals surface area contributed by atoms with Crippen LogP contribution in [0.2, 0.25) is 0 Å². The molecule has 0 aromatic heterocycles. The average Bonchev–Trinajstić information content (AvgIpc) is 2.97. The third-order valence-electron chi connectivity index (χ3n) is 3.63. The summed E-state index contributed by atoms with van der Waals surface area (Å²) in [4.78, 5) is -0.242. The smallest absolute Gasteiger partial charge is 0.243 e. The molecule has 9 heteroatoms. The third-order valence-corrected chi connectivity index (χ3v) is 6.49. The number of rotatable bonds is 6. The predicted molar refractivity (Wildman–Crippen MR) is 83.3 cm³/mol. The van der Waals surface area contributed by atoms with Crippen molar-refractivity contribution in [3.8, 4) is 0 Å². The molecule has 0 bridgehead atoms. The van der Waals surface area contributed by atoms with Crippen LogP contribution in [0, 0.1) is 0 Å². The van der Waals surface area contributed by atoms with E-state index in [9.17, 15) is 16.8 Å². The molecule has 0 saturated carbocycles. The highest BCUT2D eigenvalue weighted by molar-refractivity contribution is 7.90. The molecular weight excluding hydrogens is 326 g/mol. The number of hydrogen-bond donors (Lipinski definition) is 2. The van der Waals surface area contributed by atoms with Gasteiger partial charge in [0.25, 0.3) is 0 Å². The Bertz CT molecular complexity index is 725. The molecule has 1 unspecified atom stereocenters. The second kappa shape index (κ2) is 6.63. The van der Waals surface area contributed by atoms with Crippen molar-refractivity contribution in [2.24, 2.45) is 5.14 Å². The number of nitrogens with zero attached hydrogens (tertiary/aromatic N) is 1. The zero-order chi connectivity index (χ0) is 16.4. The van der Waals surface area contributed by atoms with Gasteiger partial charge in [-0.1, -0.05) is 13.0 Å². The van der Waals surface area contributed by atoms with Crippen LogP contribution < -0.4 is 10.5 Å². The molecule has 1 aromatic carbocycles. The number of nitrogens with one attached hydrogen (secondary N) is 1. The van der Waals surface area contributed by atoms with Gasteiger partial charge in [-0.15, -0.1) is 0 Å². The summed E-state index contributed by atoms with van der Waals surface area (Å²) in [6.07, 6.45) is 1.43. The van der Waals surface area contributed by atoms with E-state index < -0.39 is 20.0 Å². The Hall–Kier alpha value is -1.00. The minimum atomic E-state index is -3.94. The summed E-state index contributed by atoms with van der Waals surface area (Å²) in [6, 6.07) is 5.09. The van der Waals surface area contributed by atoms with Gasteiger partial charge in [0.1, 0.15) is 0 Å². The summed E-state index contributed by atoms with van der Waals surface area (Å²) in [7, 11) is -7.69. The molecule has 1 aromatic rings. The van der Waals surface area contributed by atoms with E-state index >= 15 is 0 Å². The first-order valence-corrected chi connectivity index (χ1v) is 10.1. The molecule has 1 atom stereocenters. The number of sulfonamides is 2. The second-order valence-electron chi connectivity index (χ2n) is 5.28. The molecule has 0 spiro atoms. The van der Waals surface area contributed by atoms with Crippen molar-refractivity contribution in [3.63, 3.8) is 0 Å². The van der Waals surface area contributed by atoms with E-state index in [0.717, 1.165) is 19.0 Å². The van der Waals surface area contributed by atoms with Gasteiger partial charge in [0, 0.05) is 19.1 Å². The van der Waals surface area contributed by atoms with E-state index in [-0.39, 0.29) is 15.8 Å². The molecule has 3 N–H and O–H groups in total. The highest BCUT2D eigenvalue weighted by Crippen LogP contribution is 2.23. The lowest BCUT2D eigenvalue weighted by atomic mass is 10.2. The van der Waals surface area contributed by atoms with Crippen LogP contribution >= 0.6 is 0 Å². The highest BCUT2D eigenvalue weighted by atomic mass is 32.2. The fourth-order valence-corrected chi connectivity index (χ4v) is 4.98. The highest BCUT2D eigenvalue weighted by Gasteiger charge is 2.33. The van der Waals surface area contributed by atoms with E-state index in [1.165, 1.54) is 22.5 Å². The number of primary sulfonamides is 1. The molecule has 0 radical (unpaired) electrons. The van der Waals surface area contributed by atoms with Gasteiger partial charge in [-0.3, -0.25) is 0 Å². The standard InChI is InChI=1S/C13H21N3O4S2/c1-2-8-16(11-6-7-15-10-11)22(19,20)13-5-3-4-12(9-13)21(14,17)18/h3-5,9,11,15H,2,6-8,10H2,1H3,(H2,14,17,18). The van der Waals surface area contributed by atoms with Crippen molar-refractivity contribution in [2.75, 3.05) is 19.6 Å². The Morgan fingerprint density at radius 1 is 1.27 bits per heavy atom.